The van der Waals surface area contributed by atoms with Crippen LogP contribution in [0.3, 0.4) is 0 Å². The molecule has 1 saturated heterocycles. The fourth-order valence-corrected chi connectivity index (χ4v) is 4.29. The highest BCUT2D eigenvalue weighted by Crippen LogP contribution is 2.30. The van der Waals surface area contributed by atoms with Crippen molar-refractivity contribution in [1.29, 1.82) is 0 Å². The van der Waals surface area contributed by atoms with Crippen LogP contribution in [0.25, 0.3) is 0 Å². The summed E-state index contributed by atoms with van der Waals surface area (Å²) in [6.07, 6.45) is 1.23. The van der Waals surface area contributed by atoms with Crippen molar-refractivity contribution in [3.63, 3.8) is 0 Å². The topological polar surface area (TPSA) is 66.5 Å². The average Bonchev–Trinajstić information content (AvgIpc) is 2.97. The number of nitrogens with one attached hydrogen (secondary N) is 1. The minimum Gasteiger partial charge on any atom is -0.312 e. The van der Waals surface area contributed by atoms with Gasteiger partial charge in [-0.1, -0.05) is 0 Å². The number of benzene rings is 2. The summed E-state index contributed by atoms with van der Waals surface area (Å²) in [7, 11) is -4.07. The fourth-order valence-electron chi connectivity index (χ4n) is 2.56. The molecule has 1 N–H and O–H groups in total. The van der Waals surface area contributed by atoms with E-state index in [4.69, 9.17) is 0 Å². The number of halogens is 3. The lowest BCUT2D eigenvalue weighted by Gasteiger charge is -2.16. The number of hydrogen-bond donors (Lipinski definition) is 1. The van der Waals surface area contributed by atoms with Crippen molar-refractivity contribution in [2.75, 3.05) is 16.2 Å². The van der Waals surface area contributed by atoms with Gasteiger partial charge >= 0.3 is 0 Å². The Labute approximate surface area is 151 Å². The molecule has 0 aromatic heterocycles. The van der Waals surface area contributed by atoms with Crippen molar-refractivity contribution in [2.45, 2.75) is 17.7 Å². The lowest BCUT2D eigenvalue weighted by molar-refractivity contribution is -0.117. The maximum Gasteiger partial charge on any atom is 0.262 e. The van der Waals surface area contributed by atoms with Gasteiger partial charge in [-0.25, -0.2) is 17.2 Å². The Kier molecular flexibility index (Phi) is 4.79. The highest BCUT2D eigenvalue weighted by atomic mass is 79.9. The maximum atomic E-state index is 13.8. The van der Waals surface area contributed by atoms with E-state index < -0.39 is 21.7 Å². The Hall–Kier alpha value is -2.00. The van der Waals surface area contributed by atoms with Crippen molar-refractivity contribution in [2.24, 2.45) is 0 Å². The van der Waals surface area contributed by atoms with E-state index in [2.05, 4.69) is 20.7 Å². The number of carbonyl (C=O) groups is 1. The number of carbonyl (C=O) groups excluding carboxylic acids is 1. The van der Waals surface area contributed by atoms with E-state index in [0.29, 0.717) is 24.7 Å². The highest BCUT2D eigenvalue weighted by Gasteiger charge is 2.23. The van der Waals surface area contributed by atoms with Crippen LogP contribution in [0, 0.1) is 11.6 Å². The minimum atomic E-state index is -4.07. The average molecular weight is 431 g/mol. The third-order valence-corrected chi connectivity index (χ3v) is 5.77. The molecule has 1 amide bonds. The van der Waals surface area contributed by atoms with Gasteiger partial charge in [-0.2, -0.15) is 0 Å². The molecule has 0 atom stereocenters. The van der Waals surface area contributed by atoms with E-state index in [1.54, 1.807) is 4.90 Å². The van der Waals surface area contributed by atoms with E-state index in [0.717, 1.165) is 12.5 Å². The predicted molar refractivity (Wildman–Crippen MR) is 92.9 cm³/mol. The third kappa shape index (κ3) is 3.67. The van der Waals surface area contributed by atoms with Crippen LogP contribution in [-0.4, -0.2) is 20.9 Å². The van der Waals surface area contributed by atoms with Gasteiger partial charge in [0.05, 0.1) is 10.6 Å². The SMILES string of the molecule is O=C1CCCN1c1ccc(S(=O)(=O)Nc2c(F)cc(F)cc2Br)cc1. The number of rotatable bonds is 4. The van der Waals surface area contributed by atoms with Crippen molar-refractivity contribution in [3.8, 4) is 0 Å². The van der Waals surface area contributed by atoms with Crippen LogP contribution in [0.2, 0.25) is 0 Å². The summed E-state index contributed by atoms with van der Waals surface area (Å²) >= 11 is 2.93. The lowest BCUT2D eigenvalue weighted by atomic mass is 10.3. The van der Waals surface area contributed by atoms with Crippen LogP contribution in [0.15, 0.2) is 45.8 Å². The van der Waals surface area contributed by atoms with Crippen molar-refractivity contribution in [1.82, 2.24) is 0 Å². The molecule has 0 saturated carbocycles. The molecule has 25 heavy (non-hydrogen) atoms. The summed E-state index contributed by atoms with van der Waals surface area (Å²) in [5, 5.41) is 0. The molecule has 2 aromatic carbocycles. The number of sulfonamides is 1. The first-order valence-corrected chi connectivity index (χ1v) is 9.63. The van der Waals surface area contributed by atoms with Crippen LogP contribution in [0.1, 0.15) is 12.8 Å². The first kappa shape index (κ1) is 17.8. The second-order valence-corrected chi connectivity index (χ2v) is 8.03. The second-order valence-electron chi connectivity index (χ2n) is 5.49. The van der Waals surface area contributed by atoms with Crippen molar-refractivity contribution < 1.29 is 22.0 Å². The van der Waals surface area contributed by atoms with E-state index in [-0.39, 0.29) is 21.0 Å². The Morgan fingerprint density at radius 1 is 1.12 bits per heavy atom. The number of anilines is 2. The van der Waals surface area contributed by atoms with Crippen LogP contribution < -0.4 is 9.62 Å². The largest absolute Gasteiger partial charge is 0.312 e. The van der Waals surface area contributed by atoms with Crippen molar-refractivity contribution in [3.05, 3.63) is 52.5 Å². The summed E-state index contributed by atoms with van der Waals surface area (Å²) in [4.78, 5) is 13.2. The van der Waals surface area contributed by atoms with Crippen LogP contribution in [0.4, 0.5) is 20.2 Å². The van der Waals surface area contributed by atoms with E-state index in [1.807, 2.05) is 0 Å². The molecule has 0 unspecified atom stereocenters. The van der Waals surface area contributed by atoms with Crippen LogP contribution >= 0.6 is 15.9 Å². The molecule has 0 radical (unpaired) electrons. The molecule has 0 bridgehead atoms. The summed E-state index contributed by atoms with van der Waals surface area (Å²) in [5.74, 6) is -1.87. The smallest absolute Gasteiger partial charge is 0.262 e. The number of hydrogen-bond acceptors (Lipinski definition) is 3. The number of nitrogens with zero attached hydrogens (tertiary/aromatic N) is 1. The Balaban J connectivity index is 1.87. The zero-order valence-electron chi connectivity index (χ0n) is 12.8. The lowest BCUT2D eigenvalue weighted by Crippen LogP contribution is -2.23. The second kappa shape index (κ2) is 6.72. The van der Waals surface area contributed by atoms with Crippen LogP contribution in [0.5, 0.6) is 0 Å². The molecular weight excluding hydrogens is 418 g/mol. The van der Waals surface area contributed by atoms with E-state index >= 15 is 0 Å². The summed E-state index contributed by atoms with van der Waals surface area (Å²) in [6.45, 7) is 0.594. The van der Waals surface area contributed by atoms with Gasteiger partial charge in [0.15, 0.2) is 5.82 Å². The van der Waals surface area contributed by atoms with E-state index in [9.17, 15) is 22.0 Å². The zero-order chi connectivity index (χ0) is 18.2. The van der Waals surface area contributed by atoms with Gasteiger partial charge in [-0.3, -0.25) is 9.52 Å². The Bertz CT molecular complexity index is 910. The molecule has 5 nitrogen and oxygen atoms in total. The van der Waals surface area contributed by atoms with Crippen LogP contribution in [-0.2, 0) is 14.8 Å². The Morgan fingerprint density at radius 2 is 1.80 bits per heavy atom. The molecule has 1 heterocycles. The van der Waals surface area contributed by atoms with Gasteiger partial charge in [-0.15, -0.1) is 0 Å². The van der Waals surface area contributed by atoms with E-state index in [1.165, 1.54) is 24.3 Å². The number of amides is 1. The maximum absolute atomic E-state index is 13.8. The van der Waals surface area contributed by atoms with Gasteiger partial charge < -0.3 is 4.90 Å². The highest BCUT2D eigenvalue weighted by molar-refractivity contribution is 9.10. The monoisotopic (exact) mass is 430 g/mol. The Morgan fingerprint density at radius 3 is 2.36 bits per heavy atom. The molecule has 132 valence electrons. The van der Waals surface area contributed by atoms with Gasteiger partial charge in [0, 0.05) is 29.2 Å². The molecule has 2 aromatic rings. The van der Waals surface area contributed by atoms with Gasteiger partial charge in [0.1, 0.15) is 5.82 Å². The minimum absolute atomic E-state index is 0.00829. The molecule has 1 fully saturated rings. The standard InChI is InChI=1S/C16H13BrF2N2O3S/c17-13-8-10(18)9-14(19)16(13)20-25(23,24)12-5-3-11(4-6-12)21-7-1-2-15(21)22/h3-6,8-9,20H,1-2,7H2. The van der Waals surface area contributed by atoms with Gasteiger partial charge in [0.2, 0.25) is 5.91 Å². The normalized spacial score (nSPS) is 14.8. The van der Waals surface area contributed by atoms with Crippen molar-refractivity contribution >= 4 is 43.2 Å². The van der Waals surface area contributed by atoms with Gasteiger partial charge in [0.25, 0.3) is 10.0 Å². The molecule has 0 aliphatic carbocycles. The summed E-state index contributed by atoms with van der Waals surface area (Å²) in [6, 6.07) is 7.26. The predicted octanol–water partition coefficient (Wildman–Crippen LogP) is 3.65. The van der Waals surface area contributed by atoms with Gasteiger partial charge in [-0.05, 0) is 52.7 Å². The molecular formula is C16H13BrF2N2O3S. The summed E-state index contributed by atoms with van der Waals surface area (Å²) < 4.78 is 53.8. The molecule has 3 rings (SSSR count). The fraction of sp³-hybridized carbons (Fsp3) is 0.188. The first-order chi connectivity index (χ1) is 11.8. The quantitative estimate of drug-likeness (QED) is 0.804. The zero-order valence-corrected chi connectivity index (χ0v) is 15.2. The summed E-state index contributed by atoms with van der Waals surface area (Å²) in [5.41, 5.74) is 0.232. The molecule has 9 heteroatoms. The first-order valence-electron chi connectivity index (χ1n) is 7.36. The molecule has 1 aliphatic rings. The molecule has 1 aliphatic heterocycles. The third-order valence-electron chi connectivity index (χ3n) is 3.78. The molecule has 0 spiro atoms.